The molecule has 0 radical (unpaired) electrons. The molecule has 0 bridgehead atoms. The second-order valence-electron chi connectivity index (χ2n) is 9.50. The van der Waals surface area contributed by atoms with E-state index in [9.17, 15) is 9.70 Å². The Bertz CT molecular complexity index is 1450. The number of hydrogen-bond acceptors (Lipinski definition) is 8. The van der Waals surface area contributed by atoms with Gasteiger partial charge in [-0.2, -0.15) is 0 Å². The number of nitrogens with zero attached hydrogens (tertiary/aromatic N) is 1. The largest absolute Gasteiger partial charge is 0.496 e. The van der Waals surface area contributed by atoms with E-state index in [1.807, 2.05) is 67.6 Å². The molecular formula is C30H32N4O4S. The zero-order valence-electron chi connectivity index (χ0n) is 22.4. The lowest BCUT2D eigenvalue weighted by molar-refractivity contribution is 0.0926. The molecule has 4 aromatic rings. The smallest absolute Gasteiger partial charge is 0.287 e. The van der Waals surface area contributed by atoms with Crippen molar-refractivity contribution in [1.29, 1.82) is 0 Å². The van der Waals surface area contributed by atoms with Gasteiger partial charge in [-0.15, -0.1) is 4.91 Å². The average Bonchev–Trinajstić information content (AvgIpc) is 3.40. The van der Waals surface area contributed by atoms with Crippen molar-refractivity contribution < 1.29 is 13.9 Å². The monoisotopic (exact) mass is 544 g/mol. The van der Waals surface area contributed by atoms with E-state index in [2.05, 4.69) is 26.6 Å². The first-order valence-electron chi connectivity index (χ1n) is 12.5. The minimum atomic E-state index is -0.801. The normalized spacial score (nSPS) is 11.1. The van der Waals surface area contributed by atoms with E-state index in [1.165, 1.54) is 18.2 Å². The molecule has 0 unspecified atom stereocenters. The van der Waals surface area contributed by atoms with Crippen LogP contribution in [0.3, 0.4) is 0 Å². The number of nitrogens with one attached hydrogen (secondary N) is 3. The van der Waals surface area contributed by atoms with Crippen LogP contribution in [0, 0.1) is 11.8 Å². The number of benzene rings is 3. The van der Waals surface area contributed by atoms with Crippen LogP contribution in [0.4, 0.5) is 11.4 Å². The summed E-state index contributed by atoms with van der Waals surface area (Å²) in [6.45, 7) is 6.47. The lowest BCUT2D eigenvalue weighted by Crippen LogP contribution is -2.28. The Labute approximate surface area is 232 Å². The second kappa shape index (κ2) is 12.5. The topological polar surface area (TPSA) is 105 Å². The van der Waals surface area contributed by atoms with E-state index in [0.29, 0.717) is 18.8 Å². The van der Waals surface area contributed by atoms with Gasteiger partial charge in [0.05, 0.1) is 18.3 Å². The summed E-state index contributed by atoms with van der Waals surface area (Å²) in [7, 11) is 1.65. The average molecular weight is 545 g/mol. The lowest BCUT2D eigenvalue weighted by atomic mass is 9.92. The molecule has 1 amide bonds. The molecule has 1 heterocycles. The van der Waals surface area contributed by atoms with E-state index in [4.69, 9.17) is 9.15 Å². The van der Waals surface area contributed by atoms with Gasteiger partial charge in [0.1, 0.15) is 11.3 Å². The Hall–Kier alpha value is -4.24. The number of rotatable bonds is 12. The number of aryl methyl sites for hydroxylation is 1. The number of hydrogen-bond donors (Lipinski definition) is 3. The predicted molar refractivity (Wildman–Crippen MR) is 157 cm³/mol. The number of carbonyl (C=O) groups is 1. The summed E-state index contributed by atoms with van der Waals surface area (Å²) in [5.74, 6) is 0.865. The van der Waals surface area contributed by atoms with Crippen molar-refractivity contribution in [3.8, 4) is 16.9 Å². The molecule has 4 rings (SSSR count). The van der Waals surface area contributed by atoms with Gasteiger partial charge in [0.25, 0.3) is 5.91 Å². The number of anilines is 2. The molecule has 0 spiro atoms. The van der Waals surface area contributed by atoms with E-state index >= 15 is 0 Å². The minimum Gasteiger partial charge on any atom is -0.496 e. The standard InChI is InChI=1S/C30H32N4O4S/c1-20-13-16-38-28(20)29(35)32-15-14-31-24-9-6-10-25(19-24)33-39-27-18-22(11-12-26(27)37-4)21-7-5-8-23(17-21)30(2,3)34-36/h5-13,16-19,31,33H,14-15H2,1-4H3,(H,32,35). The summed E-state index contributed by atoms with van der Waals surface area (Å²) in [4.78, 5) is 24.4. The molecule has 1 aromatic heterocycles. The number of amides is 1. The van der Waals surface area contributed by atoms with Gasteiger partial charge in [0.2, 0.25) is 0 Å². The van der Waals surface area contributed by atoms with Crippen molar-refractivity contribution >= 4 is 29.2 Å². The SMILES string of the molecule is COc1ccc(-c2cccc(C(C)(C)N=O)c2)cc1SNc1cccc(NCCNC(=O)c2occc2C)c1. The highest BCUT2D eigenvalue weighted by atomic mass is 32.2. The minimum absolute atomic E-state index is 0.224. The Morgan fingerprint density at radius 1 is 0.974 bits per heavy atom. The molecule has 8 nitrogen and oxygen atoms in total. The molecule has 0 aliphatic rings. The van der Waals surface area contributed by atoms with Gasteiger partial charge in [-0.05, 0) is 91.9 Å². The second-order valence-corrected chi connectivity index (χ2v) is 10.3. The highest BCUT2D eigenvalue weighted by molar-refractivity contribution is 8.00. The Morgan fingerprint density at radius 2 is 1.74 bits per heavy atom. The molecule has 0 aliphatic carbocycles. The first kappa shape index (κ1) is 27.8. The maximum absolute atomic E-state index is 12.2. The molecule has 39 heavy (non-hydrogen) atoms. The van der Waals surface area contributed by atoms with Crippen molar-refractivity contribution in [3.63, 3.8) is 0 Å². The first-order valence-corrected chi connectivity index (χ1v) is 13.3. The zero-order valence-corrected chi connectivity index (χ0v) is 23.2. The quantitative estimate of drug-likeness (QED) is 0.0982. The van der Waals surface area contributed by atoms with Crippen molar-refractivity contribution in [2.24, 2.45) is 5.18 Å². The van der Waals surface area contributed by atoms with Crippen molar-refractivity contribution in [3.05, 3.63) is 101 Å². The van der Waals surface area contributed by atoms with Crippen LogP contribution in [0.15, 0.2) is 93.5 Å². The molecule has 202 valence electrons. The molecule has 0 saturated heterocycles. The summed E-state index contributed by atoms with van der Waals surface area (Å²) < 4.78 is 14.2. The van der Waals surface area contributed by atoms with Crippen LogP contribution in [-0.4, -0.2) is 26.1 Å². The third-order valence-corrected chi connectivity index (χ3v) is 7.12. The van der Waals surface area contributed by atoms with E-state index in [1.54, 1.807) is 27.0 Å². The van der Waals surface area contributed by atoms with Crippen LogP contribution >= 0.6 is 11.9 Å². The Morgan fingerprint density at radius 3 is 2.49 bits per heavy atom. The summed E-state index contributed by atoms with van der Waals surface area (Å²) in [6, 6.07) is 23.5. The van der Waals surface area contributed by atoms with Crippen molar-refractivity contribution in [1.82, 2.24) is 5.32 Å². The van der Waals surface area contributed by atoms with Gasteiger partial charge in [-0.1, -0.05) is 35.5 Å². The van der Waals surface area contributed by atoms with E-state index in [-0.39, 0.29) is 5.91 Å². The van der Waals surface area contributed by atoms with E-state index < -0.39 is 5.54 Å². The maximum atomic E-state index is 12.2. The number of ether oxygens (including phenoxy) is 1. The van der Waals surface area contributed by atoms with Crippen LogP contribution in [0.2, 0.25) is 0 Å². The number of furan rings is 1. The van der Waals surface area contributed by atoms with Gasteiger partial charge in [-0.25, -0.2) is 0 Å². The fourth-order valence-corrected chi connectivity index (χ4v) is 4.74. The van der Waals surface area contributed by atoms with Crippen molar-refractivity contribution in [2.75, 3.05) is 30.2 Å². The van der Waals surface area contributed by atoms with Crippen LogP contribution in [0.1, 0.15) is 35.5 Å². The molecule has 0 fully saturated rings. The van der Waals surface area contributed by atoms with Crippen LogP contribution in [-0.2, 0) is 5.54 Å². The van der Waals surface area contributed by atoms with Crippen LogP contribution in [0.5, 0.6) is 5.75 Å². The predicted octanol–water partition coefficient (Wildman–Crippen LogP) is 7.23. The third kappa shape index (κ3) is 7.00. The van der Waals surface area contributed by atoms with E-state index in [0.717, 1.165) is 44.3 Å². The summed E-state index contributed by atoms with van der Waals surface area (Å²) in [5, 5.41) is 9.45. The highest BCUT2D eigenvalue weighted by Gasteiger charge is 2.21. The number of methoxy groups -OCH3 is 1. The van der Waals surface area contributed by atoms with Crippen LogP contribution in [0.25, 0.3) is 11.1 Å². The molecule has 3 N–H and O–H groups in total. The van der Waals surface area contributed by atoms with Gasteiger partial charge < -0.3 is 24.5 Å². The number of nitroso groups, excluding NO2 is 1. The maximum Gasteiger partial charge on any atom is 0.287 e. The molecule has 3 aromatic carbocycles. The highest BCUT2D eigenvalue weighted by Crippen LogP contribution is 2.36. The lowest BCUT2D eigenvalue weighted by Gasteiger charge is -2.17. The van der Waals surface area contributed by atoms with Gasteiger partial charge >= 0.3 is 0 Å². The molecular weight excluding hydrogens is 512 g/mol. The fraction of sp³-hybridized carbons (Fsp3) is 0.233. The zero-order chi connectivity index (χ0) is 27.8. The summed E-state index contributed by atoms with van der Waals surface area (Å²) in [6.07, 6.45) is 1.51. The van der Waals surface area contributed by atoms with Crippen molar-refractivity contribution in [2.45, 2.75) is 31.2 Å². The third-order valence-electron chi connectivity index (χ3n) is 6.24. The van der Waals surface area contributed by atoms with Gasteiger partial charge in [0.15, 0.2) is 5.76 Å². The van der Waals surface area contributed by atoms with Crippen LogP contribution < -0.4 is 20.1 Å². The molecule has 9 heteroatoms. The Kier molecular flexibility index (Phi) is 8.93. The van der Waals surface area contributed by atoms with Gasteiger partial charge in [0, 0.05) is 30.0 Å². The first-order chi connectivity index (χ1) is 18.8. The summed E-state index contributed by atoms with van der Waals surface area (Å²) in [5.41, 5.74) is 4.70. The summed E-state index contributed by atoms with van der Waals surface area (Å²) >= 11 is 1.45. The molecule has 0 aliphatic heterocycles. The number of carbonyl (C=O) groups excluding carboxylic acids is 1. The molecule has 0 atom stereocenters. The van der Waals surface area contributed by atoms with Gasteiger partial charge in [-0.3, -0.25) is 4.79 Å². The Balaban J connectivity index is 1.38. The molecule has 0 saturated carbocycles. The fourth-order valence-electron chi connectivity index (χ4n) is 3.94.